The second-order valence-corrected chi connectivity index (χ2v) is 2.73. The number of nitrogens with two attached hydrogens (primary N) is 1. The second-order valence-electron chi connectivity index (χ2n) is 2.73. The Morgan fingerprint density at radius 1 is 1.57 bits per heavy atom. The van der Waals surface area contributed by atoms with Gasteiger partial charge in [-0.25, -0.2) is 0 Å². The van der Waals surface area contributed by atoms with Gasteiger partial charge in [-0.3, -0.25) is 9.42 Å². The maximum absolute atomic E-state index is 11.6. The third-order valence-electron chi connectivity index (χ3n) is 1.57. The number of halogens is 3. The van der Waals surface area contributed by atoms with Crippen molar-refractivity contribution in [2.45, 2.75) is 19.8 Å². The molecule has 0 unspecified atom stereocenters. The third-order valence-corrected chi connectivity index (χ3v) is 1.57. The van der Waals surface area contributed by atoms with Gasteiger partial charge in [-0.05, 0) is 6.92 Å². The van der Waals surface area contributed by atoms with Crippen LogP contribution in [0.15, 0.2) is 6.07 Å². The Morgan fingerprint density at radius 3 is 2.64 bits per heavy atom. The van der Waals surface area contributed by atoms with Gasteiger partial charge < -0.3 is 5.73 Å². The van der Waals surface area contributed by atoms with Gasteiger partial charge >= 0.3 is 6.36 Å². The molecule has 14 heavy (non-hydrogen) atoms. The summed E-state index contributed by atoms with van der Waals surface area (Å²) < 4.78 is 39.7. The Kier molecular flexibility index (Phi) is 3.00. The lowest BCUT2D eigenvalue weighted by atomic mass is 10.4. The normalized spacial score (nSPS) is 12.0. The van der Waals surface area contributed by atoms with Gasteiger partial charge in [0, 0.05) is 11.8 Å². The van der Waals surface area contributed by atoms with Gasteiger partial charge in [0.2, 0.25) is 0 Å². The number of hydrogen-bond acceptors (Lipinski definition) is 3. The number of ether oxygens (including phenoxy) is 1. The highest BCUT2D eigenvalue weighted by atomic mass is 19.4. The first-order valence-electron chi connectivity index (χ1n) is 3.89. The van der Waals surface area contributed by atoms with E-state index in [1.54, 1.807) is 13.0 Å². The molecular formula is C7H10F3N3O. The van der Waals surface area contributed by atoms with Crippen molar-refractivity contribution in [2.75, 3.05) is 12.3 Å². The molecule has 0 fully saturated rings. The number of anilines is 1. The number of hydrogen-bond donors (Lipinski definition) is 1. The summed E-state index contributed by atoms with van der Waals surface area (Å²) in [7, 11) is 0. The number of aromatic nitrogens is 2. The van der Waals surface area contributed by atoms with Crippen molar-refractivity contribution in [3.05, 3.63) is 11.8 Å². The number of rotatable bonds is 3. The monoisotopic (exact) mass is 209 g/mol. The van der Waals surface area contributed by atoms with Gasteiger partial charge in [-0.2, -0.15) is 5.10 Å². The highest BCUT2D eigenvalue weighted by Crippen LogP contribution is 2.16. The van der Waals surface area contributed by atoms with E-state index in [0.29, 0.717) is 5.69 Å². The number of alkyl halides is 3. The quantitative estimate of drug-likeness (QED) is 0.816. The van der Waals surface area contributed by atoms with Gasteiger partial charge in [0.1, 0.15) is 5.82 Å². The van der Waals surface area contributed by atoms with E-state index in [9.17, 15) is 13.2 Å². The smallest absolute Gasteiger partial charge is 0.382 e. The van der Waals surface area contributed by atoms with Crippen molar-refractivity contribution in [2.24, 2.45) is 0 Å². The molecule has 0 aliphatic carbocycles. The maximum atomic E-state index is 11.6. The van der Waals surface area contributed by atoms with Crippen LogP contribution >= 0.6 is 0 Å². The van der Waals surface area contributed by atoms with Crippen molar-refractivity contribution >= 4 is 5.82 Å². The van der Waals surface area contributed by atoms with Crippen LogP contribution in [0.1, 0.15) is 5.69 Å². The predicted octanol–water partition coefficient (Wildman–Crippen LogP) is 1.31. The average molecular weight is 209 g/mol. The van der Waals surface area contributed by atoms with E-state index < -0.39 is 13.0 Å². The van der Waals surface area contributed by atoms with Crippen LogP contribution in [0.3, 0.4) is 0 Å². The van der Waals surface area contributed by atoms with Crippen LogP contribution in [-0.2, 0) is 11.3 Å². The molecule has 0 radical (unpaired) electrons. The first-order chi connectivity index (χ1) is 6.38. The van der Waals surface area contributed by atoms with E-state index in [0.717, 1.165) is 0 Å². The summed E-state index contributed by atoms with van der Waals surface area (Å²) in [5.74, 6) is 0.287. The van der Waals surface area contributed by atoms with Gasteiger partial charge in [0.25, 0.3) is 0 Å². The summed E-state index contributed by atoms with van der Waals surface area (Å²) >= 11 is 0. The van der Waals surface area contributed by atoms with Gasteiger partial charge in [0.05, 0.1) is 13.2 Å². The molecule has 1 aromatic rings. The fourth-order valence-corrected chi connectivity index (χ4v) is 1.01. The van der Waals surface area contributed by atoms with E-state index in [2.05, 4.69) is 9.84 Å². The zero-order valence-corrected chi connectivity index (χ0v) is 7.51. The fourth-order valence-electron chi connectivity index (χ4n) is 1.01. The SMILES string of the molecule is Cc1cc(N)nn1CCOC(F)(F)F. The van der Waals surface area contributed by atoms with Gasteiger partial charge in [0.15, 0.2) is 0 Å². The zero-order valence-electron chi connectivity index (χ0n) is 7.51. The lowest BCUT2D eigenvalue weighted by Crippen LogP contribution is -2.18. The second kappa shape index (κ2) is 3.87. The summed E-state index contributed by atoms with van der Waals surface area (Å²) in [4.78, 5) is 0. The minimum atomic E-state index is -4.59. The molecule has 1 heterocycles. The fraction of sp³-hybridized carbons (Fsp3) is 0.571. The molecule has 1 rings (SSSR count). The lowest BCUT2D eigenvalue weighted by Gasteiger charge is -2.07. The number of aryl methyl sites for hydroxylation is 1. The maximum Gasteiger partial charge on any atom is 0.522 e. The van der Waals surface area contributed by atoms with E-state index in [1.165, 1.54) is 4.68 Å². The molecule has 7 heteroatoms. The zero-order chi connectivity index (χ0) is 10.8. The highest BCUT2D eigenvalue weighted by molar-refractivity contribution is 5.28. The molecule has 0 aromatic carbocycles. The molecule has 0 saturated heterocycles. The molecular weight excluding hydrogens is 199 g/mol. The van der Waals surface area contributed by atoms with E-state index >= 15 is 0 Å². The van der Waals surface area contributed by atoms with E-state index in [4.69, 9.17) is 5.73 Å². The van der Waals surface area contributed by atoms with Crippen LogP contribution < -0.4 is 5.73 Å². The number of nitrogen functional groups attached to an aromatic ring is 1. The van der Waals surface area contributed by atoms with Crippen LogP contribution in [0.25, 0.3) is 0 Å². The molecule has 0 bridgehead atoms. The Hall–Kier alpha value is -1.24. The molecule has 0 aliphatic rings. The third kappa shape index (κ3) is 3.25. The highest BCUT2D eigenvalue weighted by Gasteiger charge is 2.28. The largest absolute Gasteiger partial charge is 0.522 e. The van der Waals surface area contributed by atoms with Crippen LogP contribution in [0.2, 0.25) is 0 Å². The number of nitrogens with zero attached hydrogens (tertiary/aromatic N) is 2. The molecule has 80 valence electrons. The summed E-state index contributed by atoms with van der Waals surface area (Å²) in [5, 5.41) is 3.78. The topological polar surface area (TPSA) is 53.1 Å². The molecule has 0 amide bonds. The minimum absolute atomic E-state index is 0.0303. The van der Waals surface area contributed by atoms with E-state index in [-0.39, 0.29) is 12.4 Å². The van der Waals surface area contributed by atoms with Crippen molar-refractivity contribution in [3.63, 3.8) is 0 Å². The Labute approximate surface area is 78.4 Å². The van der Waals surface area contributed by atoms with Crippen LogP contribution in [0.4, 0.5) is 19.0 Å². The first-order valence-corrected chi connectivity index (χ1v) is 3.89. The van der Waals surface area contributed by atoms with Gasteiger partial charge in [-0.1, -0.05) is 0 Å². The minimum Gasteiger partial charge on any atom is -0.382 e. The van der Waals surface area contributed by atoms with E-state index in [1.807, 2.05) is 0 Å². The molecule has 0 saturated carbocycles. The Bertz CT molecular complexity index is 308. The standard InChI is InChI=1S/C7H10F3N3O/c1-5-4-6(11)12-13(5)2-3-14-7(8,9)10/h4H,2-3H2,1H3,(H2,11,12). The predicted molar refractivity (Wildman–Crippen MR) is 43.4 cm³/mol. The molecule has 2 N–H and O–H groups in total. The summed E-state index contributed by atoms with van der Waals surface area (Å²) in [6, 6.07) is 1.58. The summed E-state index contributed by atoms with van der Waals surface area (Å²) in [6.45, 7) is 1.27. The lowest BCUT2D eigenvalue weighted by molar-refractivity contribution is -0.325. The van der Waals surface area contributed by atoms with Gasteiger partial charge in [-0.15, -0.1) is 13.2 Å². The van der Waals surface area contributed by atoms with Crippen LogP contribution in [0.5, 0.6) is 0 Å². The Morgan fingerprint density at radius 2 is 2.21 bits per heavy atom. The van der Waals surface area contributed by atoms with Crippen LogP contribution in [-0.4, -0.2) is 22.7 Å². The summed E-state index contributed by atoms with van der Waals surface area (Å²) in [6.07, 6.45) is -4.59. The average Bonchev–Trinajstić information content (AvgIpc) is 2.27. The van der Waals surface area contributed by atoms with Crippen molar-refractivity contribution in [3.8, 4) is 0 Å². The molecule has 0 aliphatic heterocycles. The summed E-state index contributed by atoms with van der Waals surface area (Å²) in [5.41, 5.74) is 6.04. The molecule has 0 spiro atoms. The van der Waals surface area contributed by atoms with Crippen LogP contribution in [0, 0.1) is 6.92 Å². The van der Waals surface area contributed by atoms with Crippen molar-refractivity contribution in [1.82, 2.24) is 9.78 Å². The van der Waals surface area contributed by atoms with Crippen molar-refractivity contribution in [1.29, 1.82) is 0 Å². The molecule has 1 aromatic heterocycles. The van der Waals surface area contributed by atoms with Crippen molar-refractivity contribution < 1.29 is 17.9 Å². The first kappa shape index (κ1) is 10.8. The molecule has 0 atom stereocenters. The molecule has 4 nitrogen and oxygen atoms in total. The Balaban J connectivity index is 2.42.